The van der Waals surface area contributed by atoms with Gasteiger partial charge in [0.1, 0.15) is 5.15 Å². The van der Waals surface area contributed by atoms with Crippen molar-refractivity contribution in [3.8, 4) is 0 Å². The van der Waals surface area contributed by atoms with Crippen LogP contribution in [0.1, 0.15) is 0 Å². The quantitative estimate of drug-likeness (QED) is 0.680. The predicted molar refractivity (Wildman–Crippen MR) is 41.1 cm³/mol. The number of halogens is 4. The van der Waals surface area contributed by atoms with E-state index in [1.807, 2.05) is 0 Å². The molecule has 2 nitrogen and oxygen atoms in total. The molecule has 0 spiro atoms. The van der Waals surface area contributed by atoms with E-state index in [4.69, 9.17) is 11.6 Å². The summed E-state index contributed by atoms with van der Waals surface area (Å²) in [7, 11) is 0. The molecule has 0 aliphatic rings. The van der Waals surface area contributed by atoms with Crippen molar-refractivity contribution in [3.05, 3.63) is 17.7 Å². The molecule has 0 aliphatic carbocycles. The van der Waals surface area contributed by atoms with Gasteiger partial charge in [0.15, 0.2) is 0 Å². The molecule has 0 N–H and O–H groups in total. The second-order valence-corrected chi connectivity index (χ2v) is 2.82. The summed E-state index contributed by atoms with van der Waals surface area (Å²) in [5.74, 6) is 0. The normalized spacial score (nSPS) is 12.0. The molecular formula is C5H6BClF3N2-. The topological polar surface area (TPSA) is 17.8 Å². The lowest BCUT2D eigenvalue weighted by molar-refractivity contribution is 0.457. The maximum Gasteiger partial charge on any atom is 0.480 e. The summed E-state index contributed by atoms with van der Waals surface area (Å²) in [4.78, 5) is 3.59. The van der Waals surface area contributed by atoms with Crippen LogP contribution in [-0.2, 0) is 6.54 Å². The number of imidazole rings is 1. The Morgan fingerprint density at radius 3 is 2.58 bits per heavy atom. The van der Waals surface area contributed by atoms with Crippen molar-refractivity contribution < 1.29 is 12.9 Å². The van der Waals surface area contributed by atoms with Crippen LogP contribution in [0.5, 0.6) is 0 Å². The number of nitrogens with zero attached hydrogens (tertiary/aromatic N) is 2. The van der Waals surface area contributed by atoms with Gasteiger partial charge in [0, 0.05) is 6.20 Å². The first kappa shape index (κ1) is 9.44. The highest BCUT2D eigenvalue weighted by molar-refractivity contribution is 6.58. The second kappa shape index (κ2) is 3.39. The minimum absolute atomic E-state index is 0.108. The Balaban J connectivity index is 2.44. The average molecular weight is 197 g/mol. The van der Waals surface area contributed by atoms with Crippen molar-refractivity contribution in [3.63, 3.8) is 0 Å². The molecule has 12 heavy (non-hydrogen) atoms. The summed E-state index contributed by atoms with van der Waals surface area (Å²) in [6, 6.07) is 0. The van der Waals surface area contributed by atoms with Gasteiger partial charge in [-0.05, 0) is 6.54 Å². The molecule has 68 valence electrons. The van der Waals surface area contributed by atoms with Crippen LogP contribution < -0.4 is 0 Å². The largest absolute Gasteiger partial charge is 0.480 e. The molecule has 1 aromatic heterocycles. The molecule has 0 saturated heterocycles. The van der Waals surface area contributed by atoms with Crippen LogP contribution in [0.2, 0.25) is 11.5 Å². The molecule has 0 atom stereocenters. The van der Waals surface area contributed by atoms with Gasteiger partial charge in [0.2, 0.25) is 0 Å². The van der Waals surface area contributed by atoms with E-state index in [9.17, 15) is 12.9 Å². The highest BCUT2D eigenvalue weighted by atomic mass is 35.5. The number of hydrogen-bond acceptors (Lipinski definition) is 1. The smallest absolute Gasteiger partial charge is 0.449 e. The summed E-state index contributed by atoms with van der Waals surface area (Å²) in [6.07, 6.45) is 1.85. The van der Waals surface area contributed by atoms with Gasteiger partial charge in [-0.25, -0.2) is 4.98 Å². The molecular weight excluding hydrogens is 191 g/mol. The average Bonchev–Trinajstić information content (AvgIpc) is 2.30. The number of hydrogen-bond donors (Lipinski definition) is 0. The molecule has 0 radical (unpaired) electrons. The van der Waals surface area contributed by atoms with Crippen molar-refractivity contribution >= 4 is 18.6 Å². The summed E-state index contributed by atoms with van der Waals surface area (Å²) < 4.78 is 36.5. The van der Waals surface area contributed by atoms with E-state index in [1.165, 1.54) is 17.1 Å². The minimum atomic E-state index is -4.71. The number of aryl methyl sites for hydroxylation is 1. The van der Waals surface area contributed by atoms with Crippen LogP contribution in [0, 0.1) is 0 Å². The number of rotatable bonds is 3. The van der Waals surface area contributed by atoms with Crippen LogP contribution >= 0.6 is 11.6 Å². The third-order valence-corrected chi connectivity index (χ3v) is 1.51. The fourth-order valence-corrected chi connectivity index (χ4v) is 0.920. The van der Waals surface area contributed by atoms with Crippen molar-refractivity contribution in [2.24, 2.45) is 0 Å². The Kier molecular flexibility index (Phi) is 2.67. The van der Waals surface area contributed by atoms with Gasteiger partial charge < -0.3 is 17.5 Å². The first-order chi connectivity index (χ1) is 5.47. The Hall–Kier alpha value is -0.645. The van der Waals surface area contributed by atoms with Gasteiger partial charge in [0.05, 0.1) is 6.33 Å². The zero-order valence-corrected chi connectivity index (χ0v) is 6.81. The Morgan fingerprint density at radius 1 is 1.50 bits per heavy atom. The first-order valence-corrected chi connectivity index (χ1v) is 3.73. The zero-order chi connectivity index (χ0) is 9.19. The molecule has 7 heteroatoms. The summed E-state index contributed by atoms with van der Waals surface area (Å²) in [5, 5.41) is 0.213. The second-order valence-electron chi connectivity index (χ2n) is 2.43. The SMILES string of the molecule is F[B-](F)(F)CCn1cnc(Cl)c1. The summed E-state index contributed by atoms with van der Waals surface area (Å²) >= 11 is 5.40. The molecule has 0 unspecified atom stereocenters. The lowest BCUT2D eigenvalue weighted by atomic mass is 9.86. The zero-order valence-electron chi connectivity index (χ0n) is 6.05. The molecule has 1 heterocycles. The Morgan fingerprint density at radius 2 is 2.17 bits per heavy atom. The highest BCUT2D eigenvalue weighted by Gasteiger charge is 2.21. The fourth-order valence-electron chi connectivity index (χ4n) is 0.751. The standard InChI is InChI=1S/C5H6BClF3N2/c7-5-3-12(4-11-5)2-1-6(8,9)10/h3-4H,1-2H2/q-1. The predicted octanol–water partition coefficient (Wildman–Crippen LogP) is 2.38. The summed E-state index contributed by atoms with van der Waals surface area (Å²) in [6.45, 7) is -4.82. The molecule has 1 rings (SSSR count). The van der Waals surface area contributed by atoms with E-state index in [0.29, 0.717) is 0 Å². The molecule has 0 amide bonds. The van der Waals surface area contributed by atoms with Crippen molar-refractivity contribution in [2.45, 2.75) is 12.9 Å². The molecule has 0 bridgehead atoms. The third-order valence-electron chi connectivity index (χ3n) is 1.32. The van der Waals surface area contributed by atoms with Crippen LogP contribution in [0.25, 0.3) is 0 Å². The molecule has 0 aliphatic heterocycles. The van der Waals surface area contributed by atoms with E-state index in [0.717, 1.165) is 0 Å². The van der Waals surface area contributed by atoms with Crippen LogP contribution in [-0.4, -0.2) is 16.5 Å². The van der Waals surface area contributed by atoms with E-state index in [1.54, 1.807) is 0 Å². The van der Waals surface area contributed by atoms with Crippen LogP contribution in [0.3, 0.4) is 0 Å². The van der Waals surface area contributed by atoms with E-state index >= 15 is 0 Å². The van der Waals surface area contributed by atoms with Gasteiger partial charge in [-0.2, -0.15) is 0 Å². The maximum atomic E-state index is 11.7. The summed E-state index contributed by atoms with van der Waals surface area (Å²) in [5.41, 5.74) is 0. The van der Waals surface area contributed by atoms with E-state index in [2.05, 4.69) is 4.98 Å². The monoisotopic (exact) mass is 197 g/mol. The molecule has 1 aromatic rings. The molecule has 0 saturated carbocycles. The fraction of sp³-hybridized carbons (Fsp3) is 0.400. The Labute approximate surface area is 72.4 Å². The highest BCUT2D eigenvalue weighted by Crippen LogP contribution is 2.16. The van der Waals surface area contributed by atoms with Crippen LogP contribution in [0.4, 0.5) is 12.9 Å². The molecule has 0 aromatic carbocycles. The Bertz CT molecular complexity index is 259. The lowest BCUT2D eigenvalue weighted by Crippen LogP contribution is -2.16. The van der Waals surface area contributed by atoms with Crippen LogP contribution in [0.15, 0.2) is 12.5 Å². The number of aromatic nitrogens is 2. The minimum Gasteiger partial charge on any atom is -0.449 e. The van der Waals surface area contributed by atoms with Gasteiger partial charge in [-0.1, -0.05) is 17.9 Å². The van der Waals surface area contributed by atoms with Gasteiger partial charge in [-0.3, -0.25) is 0 Å². The van der Waals surface area contributed by atoms with Crippen molar-refractivity contribution in [1.29, 1.82) is 0 Å². The first-order valence-electron chi connectivity index (χ1n) is 3.35. The van der Waals surface area contributed by atoms with Gasteiger partial charge in [0.25, 0.3) is 0 Å². The van der Waals surface area contributed by atoms with E-state index in [-0.39, 0.29) is 11.7 Å². The van der Waals surface area contributed by atoms with Gasteiger partial charge >= 0.3 is 6.98 Å². The van der Waals surface area contributed by atoms with Gasteiger partial charge in [-0.15, -0.1) is 0 Å². The lowest BCUT2D eigenvalue weighted by Gasteiger charge is -2.12. The van der Waals surface area contributed by atoms with Crippen molar-refractivity contribution in [2.75, 3.05) is 0 Å². The maximum absolute atomic E-state index is 11.7. The molecule has 0 fully saturated rings. The third kappa shape index (κ3) is 3.17. The van der Waals surface area contributed by atoms with E-state index < -0.39 is 13.3 Å². The van der Waals surface area contributed by atoms with Crippen molar-refractivity contribution in [1.82, 2.24) is 9.55 Å².